The van der Waals surface area contributed by atoms with Gasteiger partial charge in [-0.3, -0.25) is 9.20 Å². The van der Waals surface area contributed by atoms with Crippen LogP contribution in [-0.4, -0.2) is 34.5 Å². The maximum atomic E-state index is 11.9. The molecule has 1 aliphatic heterocycles. The fourth-order valence-electron chi connectivity index (χ4n) is 2.51. The first-order valence-corrected chi connectivity index (χ1v) is 9.16. The van der Waals surface area contributed by atoms with Gasteiger partial charge in [-0.2, -0.15) is 0 Å². The lowest BCUT2D eigenvalue weighted by molar-refractivity contribution is -0.150. The second-order valence-electron chi connectivity index (χ2n) is 5.82. The van der Waals surface area contributed by atoms with Crippen molar-refractivity contribution in [2.45, 2.75) is 13.5 Å². The van der Waals surface area contributed by atoms with Gasteiger partial charge in [0.15, 0.2) is 16.5 Å². The Hall–Kier alpha value is -3.40. The molecule has 0 bridgehead atoms. The highest BCUT2D eigenvalue weighted by Gasteiger charge is 2.14. The monoisotopic (exact) mass is 401 g/mol. The van der Waals surface area contributed by atoms with E-state index in [4.69, 9.17) is 19.0 Å². The Bertz CT molecular complexity index is 1120. The molecule has 0 spiro atoms. The normalized spacial score (nSPS) is 13.0. The standard InChI is InChI=1S/C18H15N3O6S/c1-11(12-2-3-14-15(6-12)26-10-25-14)20-27-9-17(23)24-8-13-7-16(22)21-4-5-28-18(21)19-13/h2-7H,8-10H2,1H3/b20-11-. The molecule has 3 aromatic rings. The Morgan fingerprint density at radius 3 is 3.07 bits per heavy atom. The third-order valence-electron chi connectivity index (χ3n) is 3.91. The second kappa shape index (κ2) is 7.69. The van der Waals surface area contributed by atoms with Crippen molar-refractivity contribution in [2.75, 3.05) is 13.4 Å². The summed E-state index contributed by atoms with van der Waals surface area (Å²) < 4.78 is 17.1. The predicted octanol–water partition coefficient (Wildman–Crippen LogP) is 1.97. The number of carbonyl (C=O) groups is 1. The molecule has 2 aromatic heterocycles. The summed E-state index contributed by atoms with van der Waals surface area (Å²) >= 11 is 1.32. The van der Waals surface area contributed by atoms with Crippen LogP contribution in [-0.2, 0) is 21.0 Å². The Labute approximate surface area is 162 Å². The lowest BCUT2D eigenvalue weighted by Gasteiger charge is -2.05. The van der Waals surface area contributed by atoms with Gasteiger partial charge < -0.3 is 19.0 Å². The van der Waals surface area contributed by atoms with Crippen LogP contribution in [0.2, 0.25) is 0 Å². The zero-order valence-electron chi connectivity index (χ0n) is 14.8. The molecule has 0 N–H and O–H groups in total. The van der Waals surface area contributed by atoms with E-state index in [2.05, 4.69) is 10.1 Å². The molecule has 144 valence electrons. The Morgan fingerprint density at radius 2 is 2.18 bits per heavy atom. The van der Waals surface area contributed by atoms with Gasteiger partial charge in [0.05, 0.1) is 11.4 Å². The molecule has 0 saturated carbocycles. The van der Waals surface area contributed by atoms with Gasteiger partial charge in [0, 0.05) is 23.2 Å². The molecule has 1 aliphatic rings. The minimum atomic E-state index is -0.615. The Kier molecular flexibility index (Phi) is 4.94. The van der Waals surface area contributed by atoms with Gasteiger partial charge in [-0.15, -0.1) is 11.3 Å². The van der Waals surface area contributed by atoms with Crippen LogP contribution in [0.5, 0.6) is 11.5 Å². The number of hydrogen-bond acceptors (Lipinski definition) is 9. The first kappa shape index (κ1) is 18.0. The van der Waals surface area contributed by atoms with Crippen molar-refractivity contribution >= 4 is 28.0 Å². The van der Waals surface area contributed by atoms with Crippen LogP contribution in [0.4, 0.5) is 0 Å². The molecule has 4 rings (SSSR count). The van der Waals surface area contributed by atoms with Gasteiger partial charge in [0.2, 0.25) is 13.4 Å². The fourth-order valence-corrected chi connectivity index (χ4v) is 3.25. The van der Waals surface area contributed by atoms with Crippen LogP contribution < -0.4 is 15.0 Å². The number of carbonyl (C=O) groups excluding carboxylic acids is 1. The van der Waals surface area contributed by atoms with Crippen LogP contribution in [0.25, 0.3) is 4.96 Å². The second-order valence-corrected chi connectivity index (χ2v) is 6.69. The van der Waals surface area contributed by atoms with E-state index in [1.54, 1.807) is 30.6 Å². The van der Waals surface area contributed by atoms with Crippen molar-refractivity contribution in [3.63, 3.8) is 0 Å². The summed E-state index contributed by atoms with van der Waals surface area (Å²) in [5.74, 6) is 0.697. The third kappa shape index (κ3) is 3.81. The zero-order chi connectivity index (χ0) is 19.5. The van der Waals surface area contributed by atoms with Gasteiger partial charge in [-0.05, 0) is 25.1 Å². The highest BCUT2D eigenvalue weighted by molar-refractivity contribution is 7.15. The summed E-state index contributed by atoms with van der Waals surface area (Å²) in [6, 6.07) is 6.72. The summed E-state index contributed by atoms with van der Waals surface area (Å²) in [7, 11) is 0. The van der Waals surface area contributed by atoms with Crippen LogP contribution in [0.1, 0.15) is 18.2 Å². The number of nitrogens with zero attached hydrogens (tertiary/aromatic N) is 3. The molecule has 1 aromatic carbocycles. The quantitative estimate of drug-likeness (QED) is 0.354. The molecule has 28 heavy (non-hydrogen) atoms. The molecular formula is C18H15N3O6S. The molecule has 10 heteroatoms. The fraction of sp³-hybridized carbons (Fsp3) is 0.222. The number of ether oxygens (including phenoxy) is 3. The number of fused-ring (bicyclic) bond motifs is 2. The maximum absolute atomic E-state index is 11.9. The van der Waals surface area contributed by atoms with E-state index in [1.807, 2.05) is 6.07 Å². The van der Waals surface area contributed by atoms with Gasteiger partial charge in [0.1, 0.15) is 6.61 Å². The summed E-state index contributed by atoms with van der Waals surface area (Å²) in [4.78, 5) is 33.6. The summed E-state index contributed by atoms with van der Waals surface area (Å²) in [6.45, 7) is 1.47. The van der Waals surface area contributed by atoms with Crippen molar-refractivity contribution in [2.24, 2.45) is 5.16 Å². The van der Waals surface area contributed by atoms with Crippen molar-refractivity contribution in [3.05, 3.63) is 57.5 Å². The Balaban J connectivity index is 1.30. The lowest BCUT2D eigenvalue weighted by Crippen LogP contribution is -2.16. The molecular weight excluding hydrogens is 386 g/mol. The van der Waals surface area contributed by atoms with E-state index >= 15 is 0 Å². The average molecular weight is 401 g/mol. The first-order chi connectivity index (χ1) is 13.6. The van der Waals surface area contributed by atoms with Crippen LogP contribution in [0.15, 0.2) is 45.8 Å². The summed E-state index contributed by atoms with van der Waals surface area (Å²) in [6.07, 6.45) is 1.64. The molecule has 9 nitrogen and oxygen atoms in total. The molecule has 0 amide bonds. The number of aromatic nitrogens is 2. The highest BCUT2D eigenvalue weighted by Crippen LogP contribution is 2.32. The third-order valence-corrected chi connectivity index (χ3v) is 4.67. The van der Waals surface area contributed by atoms with Crippen LogP contribution in [0, 0.1) is 0 Å². The summed E-state index contributed by atoms with van der Waals surface area (Å²) in [5.41, 5.74) is 1.51. The predicted molar refractivity (Wildman–Crippen MR) is 99.9 cm³/mol. The van der Waals surface area contributed by atoms with E-state index in [-0.39, 0.29) is 25.6 Å². The van der Waals surface area contributed by atoms with Crippen LogP contribution in [0.3, 0.4) is 0 Å². The van der Waals surface area contributed by atoms with Gasteiger partial charge in [-0.1, -0.05) is 5.16 Å². The van der Waals surface area contributed by atoms with Gasteiger partial charge in [0.25, 0.3) is 5.56 Å². The van der Waals surface area contributed by atoms with Crippen molar-refractivity contribution in [3.8, 4) is 11.5 Å². The molecule has 0 fully saturated rings. The molecule has 0 saturated heterocycles. The van der Waals surface area contributed by atoms with Crippen molar-refractivity contribution < 1.29 is 23.8 Å². The first-order valence-electron chi connectivity index (χ1n) is 8.28. The molecule has 3 heterocycles. The van der Waals surface area contributed by atoms with Gasteiger partial charge >= 0.3 is 5.97 Å². The van der Waals surface area contributed by atoms with E-state index in [9.17, 15) is 9.59 Å². The average Bonchev–Trinajstić information content (AvgIpc) is 3.35. The SMILES string of the molecule is C/C(=N/OCC(=O)OCc1cc(=O)n2ccsc2n1)c1ccc2c(c1)OCO2. The number of oxime groups is 1. The van der Waals surface area contributed by atoms with Crippen molar-refractivity contribution in [1.82, 2.24) is 9.38 Å². The minimum absolute atomic E-state index is 0.114. The Morgan fingerprint density at radius 1 is 1.32 bits per heavy atom. The topological polar surface area (TPSA) is 101 Å². The zero-order valence-corrected chi connectivity index (χ0v) is 15.6. The van der Waals surface area contributed by atoms with E-state index in [1.165, 1.54) is 21.8 Å². The van der Waals surface area contributed by atoms with Gasteiger partial charge in [-0.25, -0.2) is 9.78 Å². The van der Waals surface area contributed by atoms with E-state index in [0.717, 1.165) is 5.56 Å². The number of thiazole rings is 1. The largest absolute Gasteiger partial charge is 0.457 e. The molecule has 0 unspecified atom stereocenters. The smallest absolute Gasteiger partial charge is 0.347 e. The molecule has 0 radical (unpaired) electrons. The number of esters is 1. The molecule has 0 atom stereocenters. The number of benzene rings is 1. The van der Waals surface area contributed by atoms with Crippen molar-refractivity contribution in [1.29, 1.82) is 0 Å². The number of hydrogen-bond donors (Lipinski definition) is 0. The summed E-state index contributed by atoms with van der Waals surface area (Å²) in [5, 5.41) is 5.67. The molecule has 0 aliphatic carbocycles. The highest BCUT2D eigenvalue weighted by atomic mass is 32.1. The van der Waals surface area contributed by atoms with E-state index in [0.29, 0.717) is 27.9 Å². The number of rotatable bonds is 6. The maximum Gasteiger partial charge on any atom is 0.347 e. The van der Waals surface area contributed by atoms with Crippen LogP contribution >= 0.6 is 11.3 Å². The minimum Gasteiger partial charge on any atom is -0.457 e. The lowest BCUT2D eigenvalue weighted by atomic mass is 10.1. The van der Waals surface area contributed by atoms with E-state index < -0.39 is 5.97 Å².